The Kier molecular flexibility index (Phi) is 7.73. The van der Waals surface area contributed by atoms with Crippen molar-refractivity contribution in [2.24, 2.45) is 5.92 Å². The van der Waals surface area contributed by atoms with Crippen molar-refractivity contribution in [1.82, 2.24) is 9.13 Å². The van der Waals surface area contributed by atoms with Crippen LogP contribution in [-0.4, -0.2) is 17.2 Å². The summed E-state index contributed by atoms with van der Waals surface area (Å²) in [7, 11) is -3.04. The maximum absolute atomic E-state index is 6.54. The standard InChI is InChI=1S/C55H42N2OSi/c1-37-31-32-49-45(33-37)46-35-47-43-25-12-14-29-52(43)58-53(47)36-51(46)57(49)39-19-15-24-42(34-39)59(40-20-7-3-8-21-40,41-22-9-4-10-23-41)54-30-16-28-50-55(54)44-26-11-13-27-48(44)56(50)38-17-5-2-6-18-38/h2-5,7-17,19-32,34-37H,6,18,33H2,1H3. The van der Waals surface area contributed by atoms with Gasteiger partial charge < -0.3 is 13.6 Å². The van der Waals surface area contributed by atoms with Crippen molar-refractivity contribution in [1.29, 1.82) is 0 Å². The predicted octanol–water partition coefficient (Wildman–Crippen LogP) is 11.4. The highest BCUT2D eigenvalue weighted by atomic mass is 28.3. The monoisotopic (exact) mass is 774 g/mol. The second-order valence-corrected chi connectivity index (χ2v) is 20.2. The van der Waals surface area contributed by atoms with E-state index < -0.39 is 8.07 Å². The summed E-state index contributed by atoms with van der Waals surface area (Å²) in [6, 6.07) is 61.6. The molecule has 2 aliphatic carbocycles. The van der Waals surface area contributed by atoms with Crippen molar-refractivity contribution >= 4 is 95.2 Å². The molecule has 0 N–H and O–H groups in total. The highest BCUT2D eigenvalue weighted by molar-refractivity contribution is 7.20. The van der Waals surface area contributed by atoms with Crippen LogP contribution in [0.3, 0.4) is 0 Å². The predicted molar refractivity (Wildman–Crippen MR) is 252 cm³/mol. The van der Waals surface area contributed by atoms with Gasteiger partial charge in [0.2, 0.25) is 0 Å². The van der Waals surface area contributed by atoms with Crippen LogP contribution in [0.2, 0.25) is 0 Å². The van der Waals surface area contributed by atoms with Gasteiger partial charge in [-0.25, -0.2) is 0 Å². The molecule has 10 aromatic rings. The first-order valence-corrected chi connectivity index (χ1v) is 23.0. The van der Waals surface area contributed by atoms with Gasteiger partial charge in [-0.1, -0.05) is 146 Å². The first-order chi connectivity index (χ1) is 29.2. The number of allylic oxidation sites excluding steroid dienone is 5. The van der Waals surface area contributed by atoms with Gasteiger partial charge in [-0.05, 0) is 100 Å². The van der Waals surface area contributed by atoms with Crippen molar-refractivity contribution in [3.05, 3.63) is 199 Å². The fourth-order valence-corrected chi connectivity index (χ4v) is 15.6. The van der Waals surface area contributed by atoms with Crippen LogP contribution in [0.5, 0.6) is 0 Å². The van der Waals surface area contributed by atoms with E-state index >= 15 is 0 Å². The number of rotatable bonds is 6. The van der Waals surface area contributed by atoms with Crippen LogP contribution in [0, 0.1) is 5.92 Å². The topological polar surface area (TPSA) is 23.0 Å². The smallest absolute Gasteiger partial charge is 0.180 e. The average molecular weight is 775 g/mol. The van der Waals surface area contributed by atoms with Gasteiger partial charge in [0.1, 0.15) is 11.2 Å². The molecular weight excluding hydrogens is 733 g/mol. The molecule has 282 valence electrons. The number of para-hydroxylation sites is 2. The molecule has 0 radical (unpaired) electrons. The molecule has 12 rings (SSSR count). The lowest BCUT2D eigenvalue weighted by atomic mass is 9.93. The van der Waals surface area contributed by atoms with E-state index in [1.165, 1.54) is 86.9 Å². The molecule has 0 saturated carbocycles. The lowest BCUT2D eigenvalue weighted by Crippen LogP contribution is -2.74. The Balaban J connectivity index is 1.19. The SMILES string of the molecule is CC1C=Cc2c(c3cc4c(cc3n2-c2cccc([Si](c3ccccc3)(c3ccccc3)c3cccc5c3c3ccccc3n5C3=CC=CCC3)c2)oc2ccccc24)C1. The molecule has 3 heterocycles. The first kappa shape index (κ1) is 34.2. The first-order valence-electron chi connectivity index (χ1n) is 21.0. The minimum atomic E-state index is -3.04. The Hall–Kier alpha value is -6.88. The number of hydrogen-bond donors (Lipinski definition) is 0. The van der Waals surface area contributed by atoms with Gasteiger partial charge in [0.15, 0.2) is 8.07 Å². The third-order valence-electron chi connectivity index (χ3n) is 13.1. The zero-order valence-electron chi connectivity index (χ0n) is 33.0. The lowest BCUT2D eigenvalue weighted by molar-refractivity contribution is 0.669. The fourth-order valence-electron chi connectivity index (χ4n) is 10.5. The molecule has 1 unspecified atom stereocenters. The molecule has 0 amide bonds. The van der Waals surface area contributed by atoms with Gasteiger partial charge in [0, 0.05) is 50.1 Å². The van der Waals surface area contributed by atoms with Crippen molar-refractivity contribution in [2.45, 2.75) is 26.2 Å². The summed E-state index contributed by atoms with van der Waals surface area (Å²) in [6.45, 7) is 2.33. The normalized spacial score (nSPS) is 15.5. The van der Waals surface area contributed by atoms with Crippen molar-refractivity contribution < 1.29 is 4.42 Å². The summed E-state index contributed by atoms with van der Waals surface area (Å²) in [5.74, 6) is 0.462. The maximum atomic E-state index is 6.54. The Morgan fingerprint density at radius 3 is 2.08 bits per heavy atom. The Morgan fingerprint density at radius 1 is 0.576 bits per heavy atom. The van der Waals surface area contributed by atoms with Crippen LogP contribution in [0.1, 0.15) is 31.0 Å². The number of benzene rings is 7. The van der Waals surface area contributed by atoms with Crippen molar-refractivity contribution in [2.75, 3.05) is 0 Å². The van der Waals surface area contributed by atoms with E-state index in [4.69, 9.17) is 4.42 Å². The minimum Gasteiger partial charge on any atom is -0.456 e. The van der Waals surface area contributed by atoms with Gasteiger partial charge in [0.05, 0.1) is 16.6 Å². The minimum absolute atomic E-state index is 0.462. The van der Waals surface area contributed by atoms with Gasteiger partial charge in [-0.2, -0.15) is 0 Å². The molecule has 0 fully saturated rings. The van der Waals surface area contributed by atoms with Gasteiger partial charge in [-0.15, -0.1) is 0 Å². The van der Waals surface area contributed by atoms with Gasteiger partial charge in [0.25, 0.3) is 0 Å². The highest BCUT2D eigenvalue weighted by Crippen LogP contribution is 2.40. The summed E-state index contributed by atoms with van der Waals surface area (Å²) in [4.78, 5) is 0. The molecule has 59 heavy (non-hydrogen) atoms. The van der Waals surface area contributed by atoms with Crippen LogP contribution in [-0.2, 0) is 6.42 Å². The average Bonchev–Trinajstić information content (AvgIpc) is 3.94. The number of furan rings is 1. The van der Waals surface area contributed by atoms with Crippen LogP contribution in [0.15, 0.2) is 193 Å². The quantitative estimate of drug-likeness (QED) is 0.122. The molecule has 3 nitrogen and oxygen atoms in total. The number of hydrogen-bond acceptors (Lipinski definition) is 1. The summed E-state index contributed by atoms with van der Waals surface area (Å²) in [5, 5.41) is 11.8. The van der Waals surface area contributed by atoms with Crippen LogP contribution < -0.4 is 20.7 Å². The lowest BCUT2D eigenvalue weighted by Gasteiger charge is -2.35. The second kappa shape index (κ2) is 13.3. The van der Waals surface area contributed by atoms with Crippen molar-refractivity contribution in [3.8, 4) is 5.69 Å². The van der Waals surface area contributed by atoms with E-state index in [9.17, 15) is 0 Å². The molecule has 3 aromatic heterocycles. The molecule has 4 heteroatoms. The number of nitrogens with zero attached hydrogens (tertiary/aromatic N) is 2. The Morgan fingerprint density at radius 2 is 1.29 bits per heavy atom. The van der Waals surface area contributed by atoms with Crippen LogP contribution >= 0.6 is 0 Å². The fraction of sp³-hybridized carbons (Fsp3) is 0.0909. The maximum Gasteiger partial charge on any atom is 0.180 e. The van der Waals surface area contributed by atoms with Crippen LogP contribution in [0.25, 0.3) is 72.1 Å². The summed E-state index contributed by atoms with van der Waals surface area (Å²) >= 11 is 0. The summed E-state index contributed by atoms with van der Waals surface area (Å²) in [6.07, 6.45) is 14.6. The third-order valence-corrected chi connectivity index (χ3v) is 17.9. The van der Waals surface area contributed by atoms with E-state index in [0.29, 0.717) is 5.92 Å². The van der Waals surface area contributed by atoms with Gasteiger partial charge >= 0.3 is 0 Å². The van der Waals surface area contributed by atoms with E-state index in [1.54, 1.807) is 0 Å². The summed E-state index contributed by atoms with van der Waals surface area (Å²) in [5.41, 5.74) is 10.7. The molecule has 1 atom stereocenters. The Bertz CT molecular complexity index is 3340. The highest BCUT2D eigenvalue weighted by Gasteiger charge is 2.43. The van der Waals surface area contributed by atoms with E-state index in [0.717, 1.165) is 30.4 Å². The van der Waals surface area contributed by atoms with E-state index in [2.05, 4.69) is 210 Å². The molecule has 7 aromatic carbocycles. The van der Waals surface area contributed by atoms with Gasteiger partial charge in [-0.3, -0.25) is 0 Å². The number of aromatic nitrogens is 2. The van der Waals surface area contributed by atoms with E-state index in [1.807, 2.05) is 0 Å². The largest absolute Gasteiger partial charge is 0.456 e. The molecule has 2 aliphatic rings. The summed E-state index contributed by atoms with van der Waals surface area (Å²) < 4.78 is 11.6. The third kappa shape index (κ3) is 5.06. The zero-order valence-corrected chi connectivity index (χ0v) is 34.0. The molecule has 0 bridgehead atoms. The zero-order chi connectivity index (χ0) is 39.1. The molecular formula is C55H42N2OSi. The molecule has 0 aliphatic heterocycles. The van der Waals surface area contributed by atoms with E-state index in [-0.39, 0.29) is 0 Å². The molecule has 0 spiro atoms. The van der Waals surface area contributed by atoms with Crippen molar-refractivity contribution in [3.63, 3.8) is 0 Å². The van der Waals surface area contributed by atoms with Crippen LogP contribution in [0.4, 0.5) is 0 Å². The second-order valence-electron chi connectivity index (χ2n) is 16.4. The Labute approximate surface area is 344 Å². The molecule has 0 saturated heterocycles. The number of fused-ring (bicyclic) bond motifs is 9.